The molecule has 1 N–H and O–H groups in total. The second kappa shape index (κ2) is 7.70. The molecule has 3 nitrogen and oxygen atoms in total. The lowest BCUT2D eigenvalue weighted by Crippen LogP contribution is -2.36. The Labute approximate surface area is 106 Å². The fourth-order valence-corrected chi connectivity index (χ4v) is 2.37. The van der Waals surface area contributed by atoms with Crippen molar-refractivity contribution in [2.45, 2.75) is 58.9 Å². The molecule has 1 aliphatic heterocycles. The topological polar surface area (TPSA) is 32.3 Å². The SMILES string of the molecule is CCCNCCC1CCC(=O)N1CCC(C)C. The smallest absolute Gasteiger partial charge is 0.222 e. The van der Waals surface area contributed by atoms with Gasteiger partial charge in [-0.05, 0) is 44.7 Å². The van der Waals surface area contributed by atoms with Gasteiger partial charge in [0.15, 0.2) is 0 Å². The zero-order valence-electron chi connectivity index (χ0n) is 11.7. The fourth-order valence-electron chi connectivity index (χ4n) is 2.37. The Hall–Kier alpha value is -0.570. The number of carbonyl (C=O) groups is 1. The fraction of sp³-hybridized carbons (Fsp3) is 0.929. The molecule has 3 heteroatoms. The lowest BCUT2D eigenvalue weighted by atomic mass is 10.1. The maximum Gasteiger partial charge on any atom is 0.222 e. The third-order valence-corrected chi connectivity index (χ3v) is 3.48. The van der Waals surface area contributed by atoms with Crippen LogP contribution in [0.4, 0.5) is 0 Å². The van der Waals surface area contributed by atoms with Crippen LogP contribution in [-0.2, 0) is 4.79 Å². The molecule has 100 valence electrons. The predicted molar refractivity (Wildman–Crippen MR) is 72.0 cm³/mol. The maximum absolute atomic E-state index is 11.8. The number of amides is 1. The lowest BCUT2D eigenvalue weighted by molar-refractivity contribution is -0.129. The molecule has 0 bridgehead atoms. The van der Waals surface area contributed by atoms with Crippen LogP contribution in [-0.4, -0.2) is 36.5 Å². The number of likely N-dealkylation sites (tertiary alicyclic amines) is 1. The Morgan fingerprint density at radius 2 is 2.18 bits per heavy atom. The first-order valence-electron chi connectivity index (χ1n) is 7.15. The van der Waals surface area contributed by atoms with Crippen LogP contribution >= 0.6 is 0 Å². The van der Waals surface area contributed by atoms with E-state index >= 15 is 0 Å². The van der Waals surface area contributed by atoms with E-state index < -0.39 is 0 Å². The van der Waals surface area contributed by atoms with Crippen LogP contribution in [0.15, 0.2) is 0 Å². The van der Waals surface area contributed by atoms with Crippen molar-refractivity contribution in [3.8, 4) is 0 Å². The minimum atomic E-state index is 0.367. The molecule has 1 atom stereocenters. The Balaban J connectivity index is 2.28. The van der Waals surface area contributed by atoms with Gasteiger partial charge in [0.1, 0.15) is 0 Å². The Morgan fingerprint density at radius 3 is 2.82 bits per heavy atom. The summed E-state index contributed by atoms with van der Waals surface area (Å²) in [7, 11) is 0. The summed E-state index contributed by atoms with van der Waals surface area (Å²) in [6, 6.07) is 0.491. The van der Waals surface area contributed by atoms with E-state index in [0.717, 1.165) is 45.3 Å². The van der Waals surface area contributed by atoms with Crippen LogP contribution in [0.5, 0.6) is 0 Å². The summed E-state index contributed by atoms with van der Waals surface area (Å²) in [4.78, 5) is 13.9. The first kappa shape index (κ1) is 14.5. The summed E-state index contributed by atoms with van der Waals surface area (Å²) in [6.45, 7) is 9.71. The molecule has 0 radical (unpaired) electrons. The molecule has 1 amide bonds. The van der Waals surface area contributed by atoms with E-state index in [2.05, 4.69) is 31.0 Å². The highest BCUT2D eigenvalue weighted by Crippen LogP contribution is 2.22. The van der Waals surface area contributed by atoms with Crippen molar-refractivity contribution in [1.82, 2.24) is 10.2 Å². The molecule has 1 unspecified atom stereocenters. The van der Waals surface area contributed by atoms with Gasteiger partial charge in [0.05, 0.1) is 0 Å². The standard InChI is InChI=1S/C14H28N2O/c1-4-9-15-10-7-13-5-6-14(17)16(13)11-8-12(2)3/h12-13,15H,4-11H2,1-3H3. The van der Waals surface area contributed by atoms with E-state index in [9.17, 15) is 4.79 Å². The van der Waals surface area contributed by atoms with Gasteiger partial charge in [0.25, 0.3) is 0 Å². The number of hydrogen-bond donors (Lipinski definition) is 1. The van der Waals surface area contributed by atoms with Gasteiger partial charge in [-0.15, -0.1) is 0 Å². The molecular formula is C14H28N2O. The largest absolute Gasteiger partial charge is 0.340 e. The molecule has 0 spiro atoms. The molecular weight excluding hydrogens is 212 g/mol. The molecule has 1 saturated heterocycles. The van der Waals surface area contributed by atoms with Gasteiger partial charge < -0.3 is 10.2 Å². The van der Waals surface area contributed by atoms with Gasteiger partial charge in [0.2, 0.25) is 5.91 Å². The van der Waals surface area contributed by atoms with Crippen molar-refractivity contribution in [2.75, 3.05) is 19.6 Å². The third kappa shape index (κ3) is 5.07. The minimum absolute atomic E-state index is 0.367. The Kier molecular flexibility index (Phi) is 6.56. The molecule has 1 heterocycles. The van der Waals surface area contributed by atoms with E-state index in [0.29, 0.717) is 17.9 Å². The lowest BCUT2D eigenvalue weighted by Gasteiger charge is -2.25. The summed E-state index contributed by atoms with van der Waals surface area (Å²) < 4.78 is 0. The first-order valence-corrected chi connectivity index (χ1v) is 7.15. The van der Waals surface area contributed by atoms with Gasteiger partial charge in [-0.3, -0.25) is 4.79 Å². The molecule has 0 aromatic carbocycles. The second-order valence-electron chi connectivity index (χ2n) is 5.50. The summed E-state index contributed by atoms with van der Waals surface area (Å²) in [5.41, 5.74) is 0. The number of nitrogens with zero attached hydrogens (tertiary/aromatic N) is 1. The molecule has 0 aliphatic carbocycles. The molecule has 0 saturated carbocycles. The molecule has 0 aromatic heterocycles. The van der Waals surface area contributed by atoms with Crippen LogP contribution in [0.25, 0.3) is 0 Å². The summed E-state index contributed by atoms with van der Waals surface area (Å²) in [6.07, 6.45) is 5.25. The van der Waals surface area contributed by atoms with Gasteiger partial charge in [-0.2, -0.15) is 0 Å². The molecule has 1 fully saturated rings. The first-order chi connectivity index (χ1) is 8.15. The second-order valence-corrected chi connectivity index (χ2v) is 5.50. The van der Waals surface area contributed by atoms with Gasteiger partial charge in [-0.25, -0.2) is 0 Å². The van der Waals surface area contributed by atoms with Crippen molar-refractivity contribution >= 4 is 5.91 Å². The van der Waals surface area contributed by atoms with Crippen LogP contribution < -0.4 is 5.32 Å². The van der Waals surface area contributed by atoms with Crippen LogP contribution in [0.1, 0.15) is 52.9 Å². The number of hydrogen-bond acceptors (Lipinski definition) is 2. The highest BCUT2D eigenvalue weighted by Gasteiger charge is 2.29. The van der Waals surface area contributed by atoms with Gasteiger partial charge in [-0.1, -0.05) is 20.8 Å². The van der Waals surface area contributed by atoms with E-state index in [1.165, 1.54) is 6.42 Å². The van der Waals surface area contributed by atoms with E-state index in [1.54, 1.807) is 0 Å². The highest BCUT2D eigenvalue weighted by atomic mass is 16.2. The normalized spacial score (nSPS) is 20.6. The van der Waals surface area contributed by atoms with Crippen LogP contribution in [0.2, 0.25) is 0 Å². The zero-order chi connectivity index (χ0) is 12.7. The van der Waals surface area contributed by atoms with Crippen molar-refractivity contribution in [2.24, 2.45) is 5.92 Å². The van der Waals surface area contributed by atoms with Crippen molar-refractivity contribution in [3.05, 3.63) is 0 Å². The van der Waals surface area contributed by atoms with Crippen molar-refractivity contribution < 1.29 is 4.79 Å². The van der Waals surface area contributed by atoms with E-state index in [1.807, 2.05) is 0 Å². The molecule has 1 rings (SSSR count). The average molecular weight is 240 g/mol. The van der Waals surface area contributed by atoms with Gasteiger partial charge in [0, 0.05) is 19.0 Å². The quantitative estimate of drug-likeness (QED) is 0.661. The minimum Gasteiger partial charge on any atom is -0.340 e. The summed E-state index contributed by atoms with van der Waals surface area (Å²) >= 11 is 0. The Bertz CT molecular complexity index is 228. The number of nitrogens with one attached hydrogen (secondary N) is 1. The molecule has 1 aliphatic rings. The molecule has 17 heavy (non-hydrogen) atoms. The number of carbonyl (C=O) groups excluding carboxylic acids is 1. The van der Waals surface area contributed by atoms with Crippen LogP contribution in [0, 0.1) is 5.92 Å². The Morgan fingerprint density at radius 1 is 1.41 bits per heavy atom. The number of rotatable bonds is 8. The highest BCUT2D eigenvalue weighted by molar-refractivity contribution is 5.78. The predicted octanol–water partition coefficient (Wildman–Crippen LogP) is 2.41. The average Bonchev–Trinajstić information content (AvgIpc) is 2.63. The van der Waals surface area contributed by atoms with E-state index in [-0.39, 0.29) is 0 Å². The summed E-state index contributed by atoms with van der Waals surface area (Å²) in [5.74, 6) is 1.05. The summed E-state index contributed by atoms with van der Waals surface area (Å²) in [5, 5.41) is 3.42. The maximum atomic E-state index is 11.8. The third-order valence-electron chi connectivity index (χ3n) is 3.48. The van der Waals surface area contributed by atoms with Crippen LogP contribution in [0.3, 0.4) is 0 Å². The van der Waals surface area contributed by atoms with Gasteiger partial charge >= 0.3 is 0 Å². The monoisotopic (exact) mass is 240 g/mol. The van der Waals surface area contributed by atoms with Crippen molar-refractivity contribution in [3.63, 3.8) is 0 Å². The van der Waals surface area contributed by atoms with Crippen molar-refractivity contribution in [1.29, 1.82) is 0 Å². The zero-order valence-corrected chi connectivity index (χ0v) is 11.7. The molecule has 0 aromatic rings. The van der Waals surface area contributed by atoms with E-state index in [4.69, 9.17) is 0 Å².